The highest BCUT2D eigenvalue weighted by Gasteiger charge is 2.14. The Labute approximate surface area is 129 Å². The van der Waals surface area contributed by atoms with Crippen LogP contribution in [0, 0.1) is 20.8 Å². The van der Waals surface area contributed by atoms with Crippen LogP contribution in [0.4, 0.5) is 11.4 Å². The Morgan fingerprint density at radius 3 is 2.29 bits per heavy atom. The molecule has 0 unspecified atom stereocenters. The van der Waals surface area contributed by atoms with E-state index in [-0.39, 0.29) is 5.91 Å². The Kier molecular flexibility index (Phi) is 4.50. The Hall–Kier alpha value is -2.04. The molecule has 0 saturated heterocycles. The number of hydrazine groups is 1. The van der Waals surface area contributed by atoms with Gasteiger partial charge in [-0.3, -0.25) is 10.6 Å². The lowest BCUT2D eigenvalue weighted by Crippen LogP contribution is -2.18. The molecule has 0 bridgehead atoms. The number of halogens is 1. The van der Waals surface area contributed by atoms with Crippen LogP contribution in [0.1, 0.15) is 27.0 Å². The average Bonchev–Trinajstić information content (AvgIpc) is 2.42. The number of anilines is 2. The maximum atomic E-state index is 12.5. The minimum absolute atomic E-state index is 0.250. The highest BCUT2D eigenvalue weighted by Crippen LogP contribution is 2.25. The van der Waals surface area contributed by atoms with Gasteiger partial charge >= 0.3 is 0 Å². The largest absolute Gasteiger partial charge is 0.323 e. The van der Waals surface area contributed by atoms with Gasteiger partial charge in [0.05, 0.1) is 11.3 Å². The molecule has 21 heavy (non-hydrogen) atoms. The zero-order chi connectivity index (χ0) is 15.6. The maximum absolute atomic E-state index is 12.5. The van der Waals surface area contributed by atoms with Crippen LogP contribution in [-0.2, 0) is 0 Å². The number of nitrogens with one attached hydrogen (secondary N) is 2. The summed E-state index contributed by atoms with van der Waals surface area (Å²) in [6.07, 6.45) is 0. The molecule has 1 amide bonds. The highest BCUT2D eigenvalue weighted by atomic mass is 35.5. The summed E-state index contributed by atoms with van der Waals surface area (Å²) in [5.41, 5.74) is 7.46. The molecule has 2 aromatic carbocycles. The van der Waals surface area contributed by atoms with Gasteiger partial charge in [-0.1, -0.05) is 29.3 Å². The number of nitrogen functional groups attached to an aromatic ring is 1. The Morgan fingerprint density at radius 2 is 1.71 bits per heavy atom. The van der Waals surface area contributed by atoms with E-state index in [1.165, 1.54) is 0 Å². The molecule has 4 N–H and O–H groups in total. The van der Waals surface area contributed by atoms with Crippen molar-refractivity contribution < 1.29 is 4.79 Å². The molecular weight excluding hydrogens is 286 g/mol. The zero-order valence-electron chi connectivity index (χ0n) is 12.3. The van der Waals surface area contributed by atoms with Crippen LogP contribution in [0.5, 0.6) is 0 Å². The molecule has 4 nitrogen and oxygen atoms in total. The quantitative estimate of drug-likeness (QED) is 0.597. The number of hydrogen-bond donors (Lipinski definition) is 3. The van der Waals surface area contributed by atoms with E-state index < -0.39 is 0 Å². The van der Waals surface area contributed by atoms with Crippen LogP contribution >= 0.6 is 11.6 Å². The monoisotopic (exact) mass is 303 g/mol. The van der Waals surface area contributed by atoms with Crippen LogP contribution in [0.15, 0.2) is 30.3 Å². The van der Waals surface area contributed by atoms with E-state index in [2.05, 4.69) is 10.7 Å². The average molecular weight is 304 g/mol. The Bertz CT molecular complexity index is 675. The van der Waals surface area contributed by atoms with E-state index in [0.29, 0.717) is 16.3 Å². The number of amides is 1. The van der Waals surface area contributed by atoms with Gasteiger partial charge in [0.25, 0.3) is 5.91 Å². The molecule has 2 rings (SSSR count). The molecule has 0 aliphatic carbocycles. The second-order valence-corrected chi connectivity index (χ2v) is 5.50. The number of aryl methyl sites for hydroxylation is 3. The van der Waals surface area contributed by atoms with Crippen molar-refractivity contribution in [3.63, 3.8) is 0 Å². The van der Waals surface area contributed by atoms with Crippen LogP contribution < -0.4 is 16.6 Å². The summed E-state index contributed by atoms with van der Waals surface area (Å²) in [4.78, 5) is 12.5. The van der Waals surface area contributed by atoms with Gasteiger partial charge in [0, 0.05) is 10.7 Å². The summed E-state index contributed by atoms with van der Waals surface area (Å²) in [5.74, 6) is 5.19. The second kappa shape index (κ2) is 6.16. The van der Waals surface area contributed by atoms with E-state index >= 15 is 0 Å². The van der Waals surface area contributed by atoms with Gasteiger partial charge in [-0.05, 0) is 50.1 Å². The summed E-state index contributed by atoms with van der Waals surface area (Å²) >= 11 is 5.96. The molecule has 2 aromatic rings. The topological polar surface area (TPSA) is 67.2 Å². The molecule has 0 aromatic heterocycles. The van der Waals surface area contributed by atoms with Crippen LogP contribution in [0.25, 0.3) is 0 Å². The number of hydrogen-bond acceptors (Lipinski definition) is 3. The van der Waals surface area contributed by atoms with Crippen LogP contribution in [0.3, 0.4) is 0 Å². The summed E-state index contributed by atoms with van der Waals surface area (Å²) < 4.78 is 0. The molecular formula is C16H18ClN3O. The zero-order valence-corrected chi connectivity index (χ0v) is 13.0. The van der Waals surface area contributed by atoms with Gasteiger partial charge in [-0.2, -0.15) is 0 Å². The number of carbonyl (C=O) groups is 1. The molecule has 0 atom stereocenters. The molecule has 0 saturated carbocycles. The smallest absolute Gasteiger partial charge is 0.257 e. The van der Waals surface area contributed by atoms with Crippen molar-refractivity contribution in [3.8, 4) is 0 Å². The first-order valence-electron chi connectivity index (χ1n) is 6.57. The SMILES string of the molecule is Cc1cc(C)c(NC(=O)c2cc(Cl)ccc2NN)c(C)c1. The summed E-state index contributed by atoms with van der Waals surface area (Å²) in [5, 5.41) is 3.41. The predicted octanol–water partition coefficient (Wildman–Crippen LogP) is 3.80. The van der Waals surface area contributed by atoms with Gasteiger partial charge in [0.2, 0.25) is 0 Å². The fourth-order valence-corrected chi connectivity index (χ4v) is 2.56. The van der Waals surface area contributed by atoms with Crippen molar-refractivity contribution in [2.45, 2.75) is 20.8 Å². The lowest BCUT2D eigenvalue weighted by atomic mass is 10.0. The van der Waals surface area contributed by atoms with Crippen LogP contribution in [0.2, 0.25) is 5.02 Å². The third-order valence-electron chi connectivity index (χ3n) is 3.30. The van der Waals surface area contributed by atoms with Gasteiger partial charge in [-0.25, -0.2) is 0 Å². The van der Waals surface area contributed by atoms with E-state index in [9.17, 15) is 4.79 Å². The number of nitrogens with two attached hydrogens (primary N) is 1. The highest BCUT2D eigenvalue weighted by molar-refractivity contribution is 6.31. The molecule has 0 spiro atoms. The molecule has 0 aliphatic rings. The molecule has 0 aliphatic heterocycles. The third-order valence-corrected chi connectivity index (χ3v) is 3.53. The first kappa shape index (κ1) is 15.4. The minimum atomic E-state index is -0.250. The van der Waals surface area contributed by atoms with Crippen molar-refractivity contribution in [3.05, 3.63) is 57.6 Å². The molecule has 0 fully saturated rings. The molecule has 5 heteroatoms. The number of rotatable bonds is 3. The first-order valence-corrected chi connectivity index (χ1v) is 6.95. The first-order chi connectivity index (χ1) is 9.92. The van der Waals surface area contributed by atoms with E-state index in [1.54, 1.807) is 18.2 Å². The lowest BCUT2D eigenvalue weighted by molar-refractivity contribution is 0.102. The third kappa shape index (κ3) is 3.35. The van der Waals surface area contributed by atoms with Gasteiger partial charge < -0.3 is 10.7 Å². The van der Waals surface area contributed by atoms with Crippen molar-refractivity contribution in [2.24, 2.45) is 5.84 Å². The maximum Gasteiger partial charge on any atom is 0.257 e. The van der Waals surface area contributed by atoms with Crippen molar-refractivity contribution >= 4 is 28.9 Å². The minimum Gasteiger partial charge on any atom is -0.323 e. The number of benzene rings is 2. The molecule has 110 valence electrons. The fourth-order valence-electron chi connectivity index (χ4n) is 2.39. The predicted molar refractivity (Wildman–Crippen MR) is 87.9 cm³/mol. The summed E-state index contributed by atoms with van der Waals surface area (Å²) in [6.45, 7) is 5.96. The number of carbonyl (C=O) groups excluding carboxylic acids is 1. The van der Waals surface area contributed by atoms with Crippen molar-refractivity contribution in [1.29, 1.82) is 0 Å². The van der Waals surface area contributed by atoms with Crippen molar-refractivity contribution in [2.75, 3.05) is 10.7 Å². The van der Waals surface area contributed by atoms with E-state index in [4.69, 9.17) is 17.4 Å². The van der Waals surface area contributed by atoms with Crippen LogP contribution in [-0.4, -0.2) is 5.91 Å². The van der Waals surface area contributed by atoms with E-state index in [0.717, 1.165) is 22.4 Å². The Balaban J connectivity index is 2.37. The normalized spacial score (nSPS) is 10.3. The Morgan fingerprint density at radius 1 is 1.10 bits per heavy atom. The second-order valence-electron chi connectivity index (χ2n) is 5.06. The summed E-state index contributed by atoms with van der Waals surface area (Å²) in [6, 6.07) is 9.00. The molecule has 0 heterocycles. The van der Waals surface area contributed by atoms with Gasteiger partial charge in [0.1, 0.15) is 0 Å². The molecule has 0 radical (unpaired) electrons. The van der Waals surface area contributed by atoms with E-state index in [1.807, 2.05) is 32.9 Å². The standard InChI is InChI=1S/C16H18ClN3O/c1-9-6-10(2)15(11(3)7-9)19-16(21)13-8-12(17)4-5-14(13)20-18/h4-8,20H,18H2,1-3H3,(H,19,21). The lowest BCUT2D eigenvalue weighted by Gasteiger charge is -2.14. The fraction of sp³-hybridized carbons (Fsp3) is 0.188. The van der Waals surface area contributed by atoms with Crippen molar-refractivity contribution in [1.82, 2.24) is 0 Å². The van der Waals surface area contributed by atoms with Gasteiger partial charge in [0.15, 0.2) is 0 Å². The van der Waals surface area contributed by atoms with Gasteiger partial charge in [-0.15, -0.1) is 0 Å². The summed E-state index contributed by atoms with van der Waals surface area (Å²) in [7, 11) is 0.